The zero-order valence-corrected chi connectivity index (χ0v) is 11.6. The highest BCUT2D eigenvalue weighted by molar-refractivity contribution is 7.84. The average molecular weight is 280 g/mol. The van der Waals surface area contributed by atoms with Crippen LogP contribution in [-0.4, -0.2) is 4.21 Å². The van der Waals surface area contributed by atoms with Crippen molar-refractivity contribution in [3.63, 3.8) is 0 Å². The first-order valence-corrected chi connectivity index (χ1v) is 7.25. The molecule has 1 unspecified atom stereocenters. The van der Waals surface area contributed by atoms with E-state index in [1.165, 1.54) is 5.56 Å². The molecule has 0 aromatic heterocycles. The smallest absolute Gasteiger partial charge is 0.0635 e. The van der Waals surface area contributed by atoms with Crippen LogP contribution in [-0.2, 0) is 16.6 Å². The van der Waals surface area contributed by atoms with E-state index >= 15 is 0 Å². The van der Waals surface area contributed by atoms with E-state index in [1.54, 1.807) is 18.2 Å². The molecule has 0 heterocycles. The molecule has 0 aliphatic heterocycles. The van der Waals surface area contributed by atoms with E-state index < -0.39 is 10.8 Å². The second kappa shape index (κ2) is 5.55. The Labute approximate surface area is 114 Å². The summed E-state index contributed by atoms with van der Waals surface area (Å²) in [6.07, 6.45) is 0. The van der Waals surface area contributed by atoms with Gasteiger partial charge in [0.15, 0.2) is 0 Å². The summed E-state index contributed by atoms with van der Waals surface area (Å²) in [7, 11) is -1.17. The molecule has 2 aromatic carbocycles. The van der Waals surface area contributed by atoms with Crippen molar-refractivity contribution >= 4 is 28.1 Å². The van der Waals surface area contributed by atoms with Gasteiger partial charge in [0.25, 0.3) is 0 Å². The van der Waals surface area contributed by atoms with Gasteiger partial charge in [0.1, 0.15) is 0 Å². The summed E-state index contributed by atoms with van der Waals surface area (Å²) in [6.45, 7) is 2.02. The fraction of sp³-hybridized carbons (Fsp3) is 0.143. The number of nitrogen functional groups attached to an aromatic ring is 1. The fourth-order valence-corrected chi connectivity index (χ4v) is 3.10. The lowest BCUT2D eigenvalue weighted by atomic mass is 10.2. The molecule has 0 radical (unpaired) electrons. The van der Waals surface area contributed by atoms with Crippen molar-refractivity contribution in [2.45, 2.75) is 17.6 Å². The minimum Gasteiger partial charge on any atom is -0.398 e. The molecular weight excluding hydrogens is 266 g/mol. The van der Waals surface area contributed by atoms with Crippen molar-refractivity contribution in [1.82, 2.24) is 0 Å². The number of rotatable bonds is 3. The molecule has 18 heavy (non-hydrogen) atoms. The van der Waals surface area contributed by atoms with Crippen LogP contribution in [0.15, 0.2) is 47.4 Å². The Bertz CT molecular complexity index is 581. The molecule has 0 amide bonds. The van der Waals surface area contributed by atoms with E-state index in [4.69, 9.17) is 17.3 Å². The van der Waals surface area contributed by atoms with Crippen molar-refractivity contribution in [3.05, 3.63) is 58.6 Å². The summed E-state index contributed by atoms with van der Waals surface area (Å²) >= 11 is 5.89. The second-order valence-corrected chi connectivity index (χ2v) is 6.01. The lowest BCUT2D eigenvalue weighted by molar-refractivity contribution is 0.683. The molecular formula is C14H14ClNOS. The van der Waals surface area contributed by atoms with E-state index in [0.29, 0.717) is 21.4 Å². The number of hydrogen-bond donors (Lipinski definition) is 1. The molecule has 2 N–H and O–H groups in total. The fourth-order valence-electron chi connectivity index (χ4n) is 1.62. The van der Waals surface area contributed by atoms with E-state index in [0.717, 1.165) is 5.56 Å². The highest BCUT2D eigenvalue weighted by Crippen LogP contribution is 2.23. The first kappa shape index (κ1) is 13.1. The summed E-state index contributed by atoms with van der Waals surface area (Å²) in [5.41, 5.74) is 8.55. The Morgan fingerprint density at radius 3 is 2.50 bits per heavy atom. The van der Waals surface area contributed by atoms with E-state index in [1.807, 2.05) is 31.2 Å². The Balaban J connectivity index is 2.21. The van der Waals surface area contributed by atoms with E-state index in [-0.39, 0.29) is 0 Å². The van der Waals surface area contributed by atoms with Crippen LogP contribution >= 0.6 is 11.6 Å². The third kappa shape index (κ3) is 3.12. The van der Waals surface area contributed by atoms with Gasteiger partial charge in [-0.2, -0.15) is 0 Å². The Morgan fingerprint density at radius 1 is 1.17 bits per heavy atom. The second-order valence-electron chi connectivity index (χ2n) is 4.16. The molecule has 2 nitrogen and oxygen atoms in total. The number of benzene rings is 2. The van der Waals surface area contributed by atoms with Crippen molar-refractivity contribution in [3.8, 4) is 0 Å². The van der Waals surface area contributed by atoms with Crippen molar-refractivity contribution < 1.29 is 4.21 Å². The molecule has 2 rings (SSSR count). The van der Waals surface area contributed by atoms with Crippen LogP contribution in [0.5, 0.6) is 0 Å². The normalized spacial score (nSPS) is 12.3. The van der Waals surface area contributed by atoms with Crippen molar-refractivity contribution in [2.75, 3.05) is 5.73 Å². The molecule has 0 aliphatic rings. The van der Waals surface area contributed by atoms with Gasteiger partial charge in [-0.1, -0.05) is 41.4 Å². The van der Waals surface area contributed by atoms with Crippen molar-refractivity contribution in [1.29, 1.82) is 0 Å². The molecule has 0 bridgehead atoms. The largest absolute Gasteiger partial charge is 0.398 e. The number of aryl methyl sites for hydroxylation is 1. The minimum absolute atomic E-state index is 0.449. The molecule has 1 atom stereocenters. The lowest BCUT2D eigenvalue weighted by Crippen LogP contribution is -2.01. The van der Waals surface area contributed by atoms with Gasteiger partial charge < -0.3 is 5.73 Å². The third-order valence-electron chi connectivity index (χ3n) is 2.64. The van der Waals surface area contributed by atoms with Crippen LogP contribution in [0.4, 0.5) is 5.69 Å². The maximum Gasteiger partial charge on any atom is 0.0635 e. The molecule has 0 aliphatic carbocycles. The van der Waals surface area contributed by atoms with Gasteiger partial charge in [0.2, 0.25) is 0 Å². The first-order valence-electron chi connectivity index (χ1n) is 5.55. The van der Waals surface area contributed by atoms with Crippen LogP contribution < -0.4 is 5.73 Å². The number of anilines is 1. The van der Waals surface area contributed by atoms with Crippen LogP contribution in [0.2, 0.25) is 5.02 Å². The quantitative estimate of drug-likeness (QED) is 0.874. The molecule has 2 aromatic rings. The van der Waals surface area contributed by atoms with Crippen LogP contribution in [0.25, 0.3) is 0 Å². The molecule has 94 valence electrons. The zero-order chi connectivity index (χ0) is 13.1. The van der Waals surface area contributed by atoms with Gasteiger partial charge in [-0.15, -0.1) is 0 Å². The Hall–Kier alpha value is -1.32. The number of nitrogens with two attached hydrogens (primary N) is 1. The predicted octanol–water partition coefficient (Wildman–Crippen LogP) is 3.54. The number of halogens is 1. The SMILES string of the molecule is Cc1ccc(CS(=O)c2cc(Cl)ccc2N)cc1. The van der Waals surface area contributed by atoms with Crippen LogP contribution in [0.3, 0.4) is 0 Å². The highest BCUT2D eigenvalue weighted by Gasteiger charge is 2.09. The summed E-state index contributed by atoms with van der Waals surface area (Å²) < 4.78 is 12.2. The minimum atomic E-state index is -1.17. The molecule has 4 heteroatoms. The maximum absolute atomic E-state index is 12.2. The Kier molecular flexibility index (Phi) is 4.04. The molecule has 0 saturated heterocycles. The molecule has 0 spiro atoms. The predicted molar refractivity (Wildman–Crippen MR) is 77.2 cm³/mol. The average Bonchev–Trinajstić information content (AvgIpc) is 2.35. The summed E-state index contributed by atoms with van der Waals surface area (Å²) in [6, 6.07) is 13.0. The lowest BCUT2D eigenvalue weighted by Gasteiger charge is -2.06. The molecule has 0 saturated carbocycles. The van der Waals surface area contributed by atoms with Gasteiger partial charge in [0.05, 0.1) is 21.4 Å². The zero-order valence-electron chi connectivity index (χ0n) is 10.0. The Morgan fingerprint density at radius 2 is 1.83 bits per heavy atom. The highest BCUT2D eigenvalue weighted by atomic mass is 35.5. The molecule has 0 fully saturated rings. The monoisotopic (exact) mass is 279 g/mol. The summed E-state index contributed by atoms with van der Waals surface area (Å²) in [5.74, 6) is 0.449. The first-order chi connectivity index (χ1) is 8.56. The van der Waals surface area contributed by atoms with E-state index in [2.05, 4.69) is 0 Å². The van der Waals surface area contributed by atoms with Crippen LogP contribution in [0, 0.1) is 6.92 Å². The van der Waals surface area contributed by atoms with Gasteiger partial charge in [-0.3, -0.25) is 4.21 Å². The summed E-state index contributed by atoms with van der Waals surface area (Å²) in [4.78, 5) is 0.600. The standard InChI is InChI=1S/C14H14ClNOS/c1-10-2-4-11(5-3-10)9-18(17)14-8-12(15)6-7-13(14)16/h2-8H,9,16H2,1H3. The summed E-state index contributed by atoms with van der Waals surface area (Å²) in [5, 5.41) is 0.552. The van der Waals surface area contributed by atoms with Gasteiger partial charge >= 0.3 is 0 Å². The number of hydrogen-bond acceptors (Lipinski definition) is 2. The van der Waals surface area contributed by atoms with Gasteiger partial charge in [0, 0.05) is 10.7 Å². The maximum atomic E-state index is 12.2. The van der Waals surface area contributed by atoms with Gasteiger partial charge in [-0.05, 0) is 30.7 Å². The third-order valence-corrected chi connectivity index (χ3v) is 4.31. The van der Waals surface area contributed by atoms with Crippen molar-refractivity contribution in [2.24, 2.45) is 0 Å². The van der Waals surface area contributed by atoms with Crippen LogP contribution in [0.1, 0.15) is 11.1 Å². The van der Waals surface area contributed by atoms with Gasteiger partial charge in [-0.25, -0.2) is 0 Å². The van der Waals surface area contributed by atoms with E-state index in [9.17, 15) is 4.21 Å². The topological polar surface area (TPSA) is 43.1 Å².